The van der Waals surface area contributed by atoms with Gasteiger partial charge in [-0.25, -0.2) is 4.79 Å². The number of benzene rings is 2. The third-order valence-electron chi connectivity index (χ3n) is 6.60. The van der Waals surface area contributed by atoms with E-state index in [1.165, 1.54) is 0 Å². The summed E-state index contributed by atoms with van der Waals surface area (Å²) in [4.78, 5) is 43.3. The molecule has 1 fully saturated rings. The van der Waals surface area contributed by atoms with Crippen molar-refractivity contribution in [1.29, 1.82) is 0 Å². The van der Waals surface area contributed by atoms with Crippen LogP contribution in [0.2, 0.25) is 0 Å². The Morgan fingerprint density at radius 2 is 1.74 bits per heavy atom. The quantitative estimate of drug-likeness (QED) is 0.474. The van der Waals surface area contributed by atoms with Crippen LogP contribution in [0.3, 0.4) is 0 Å². The van der Waals surface area contributed by atoms with Crippen molar-refractivity contribution in [3.05, 3.63) is 70.5 Å². The van der Waals surface area contributed by atoms with Crippen LogP contribution in [0.25, 0.3) is 22.4 Å². The number of nitrogens with one attached hydrogen (secondary N) is 1. The molecular formula is C25H26N6O4. The topological polar surface area (TPSA) is 115 Å². The van der Waals surface area contributed by atoms with Crippen molar-refractivity contribution in [3.63, 3.8) is 0 Å². The van der Waals surface area contributed by atoms with Gasteiger partial charge in [-0.15, -0.1) is 0 Å². The van der Waals surface area contributed by atoms with Crippen LogP contribution in [0.5, 0.6) is 0 Å². The summed E-state index contributed by atoms with van der Waals surface area (Å²) in [6.07, 6.45) is 1.40. The Balaban J connectivity index is 1.19. The zero-order valence-corrected chi connectivity index (χ0v) is 19.6. The number of likely N-dealkylation sites (tertiary alicyclic amines) is 1. The first-order valence-electron chi connectivity index (χ1n) is 11.5. The molecule has 180 valence electrons. The number of nitrogens with zero attached hydrogens (tertiary/aromatic N) is 5. The van der Waals surface area contributed by atoms with E-state index in [1.807, 2.05) is 24.3 Å². The van der Waals surface area contributed by atoms with Gasteiger partial charge in [-0.05, 0) is 43.2 Å². The summed E-state index contributed by atoms with van der Waals surface area (Å²) in [5.74, 6) is 0.706. The molecule has 2 aromatic carbocycles. The summed E-state index contributed by atoms with van der Waals surface area (Å²) >= 11 is 0. The van der Waals surface area contributed by atoms with E-state index in [0.717, 1.165) is 16.6 Å². The summed E-state index contributed by atoms with van der Waals surface area (Å²) in [6.45, 7) is 1.08. The van der Waals surface area contributed by atoms with E-state index in [4.69, 9.17) is 4.52 Å². The minimum absolute atomic E-state index is 0.0342. The highest BCUT2D eigenvalue weighted by atomic mass is 16.5. The molecule has 0 atom stereocenters. The third kappa shape index (κ3) is 4.34. The summed E-state index contributed by atoms with van der Waals surface area (Å²) < 4.78 is 8.75. The SMILES string of the molecule is Cn1c(=O)n(C)c2cc(-c3noc(C4CCN(C(=O)CNC(=O)c5ccccc5)CC4)n3)ccc21. The standard InChI is InChI=1S/C25H26N6O4/c1-29-19-9-8-18(14-20(19)30(2)25(29)34)22-27-24(35-28-22)17-10-12-31(13-11-17)21(32)15-26-23(33)16-6-4-3-5-7-16/h3-9,14,17H,10-13,15H2,1-2H3,(H,26,33). The molecule has 10 nitrogen and oxygen atoms in total. The Morgan fingerprint density at radius 1 is 1.03 bits per heavy atom. The van der Waals surface area contributed by atoms with Crippen LogP contribution in [0.1, 0.15) is 35.0 Å². The van der Waals surface area contributed by atoms with E-state index in [2.05, 4.69) is 15.5 Å². The van der Waals surface area contributed by atoms with Gasteiger partial charge in [0.05, 0.1) is 17.6 Å². The first kappa shape index (κ1) is 22.6. The van der Waals surface area contributed by atoms with Gasteiger partial charge in [0.2, 0.25) is 17.6 Å². The minimum Gasteiger partial charge on any atom is -0.343 e. The normalized spacial score (nSPS) is 14.4. The van der Waals surface area contributed by atoms with Gasteiger partial charge in [0.25, 0.3) is 5.91 Å². The van der Waals surface area contributed by atoms with Crippen molar-refractivity contribution in [2.24, 2.45) is 14.1 Å². The number of piperidine rings is 1. The molecular weight excluding hydrogens is 448 g/mol. The number of rotatable bonds is 5. The van der Waals surface area contributed by atoms with Crippen LogP contribution >= 0.6 is 0 Å². The number of amides is 2. The van der Waals surface area contributed by atoms with E-state index in [0.29, 0.717) is 43.2 Å². The molecule has 35 heavy (non-hydrogen) atoms. The molecule has 2 amide bonds. The molecule has 1 saturated heterocycles. The molecule has 0 radical (unpaired) electrons. The first-order valence-corrected chi connectivity index (χ1v) is 11.5. The van der Waals surface area contributed by atoms with Crippen molar-refractivity contribution in [3.8, 4) is 11.4 Å². The number of hydrogen-bond acceptors (Lipinski definition) is 6. The molecule has 0 bridgehead atoms. The number of carbonyl (C=O) groups excluding carboxylic acids is 2. The highest BCUT2D eigenvalue weighted by molar-refractivity contribution is 5.96. The molecule has 0 aliphatic carbocycles. The maximum atomic E-state index is 12.6. The van der Waals surface area contributed by atoms with E-state index in [-0.39, 0.29) is 30.0 Å². The molecule has 0 saturated carbocycles. The Kier molecular flexibility index (Phi) is 5.94. The second-order valence-electron chi connectivity index (χ2n) is 8.76. The fourth-order valence-electron chi connectivity index (χ4n) is 4.50. The van der Waals surface area contributed by atoms with Gasteiger partial charge in [0.1, 0.15) is 0 Å². The monoisotopic (exact) mass is 474 g/mol. The average molecular weight is 475 g/mol. The van der Waals surface area contributed by atoms with Crippen LogP contribution in [-0.4, -0.2) is 55.6 Å². The number of aryl methyl sites for hydroxylation is 2. The summed E-state index contributed by atoms with van der Waals surface area (Å²) in [7, 11) is 3.48. The van der Waals surface area contributed by atoms with Crippen molar-refractivity contribution in [2.45, 2.75) is 18.8 Å². The van der Waals surface area contributed by atoms with E-state index in [9.17, 15) is 14.4 Å². The molecule has 4 aromatic rings. The van der Waals surface area contributed by atoms with E-state index < -0.39 is 0 Å². The summed E-state index contributed by atoms with van der Waals surface area (Å²) in [5, 5.41) is 6.84. The van der Waals surface area contributed by atoms with Crippen molar-refractivity contribution < 1.29 is 14.1 Å². The fraction of sp³-hybridized carbons (Fsp3) is 0.320. The maximum Gasteiger partial charge on any atom is 0.328 e. The lowest BCUT2D eigenvalue weighted by atomic mass is 9.96. The minimum atomic E-state index is -0.263. The molecule has 0 unspecified atom stereocenters. The van der Waals surface area contributed by atoms with Gasteiger partial charge in [-0.1, -0.05) is 23.4 Å². The van der Waals surface area contributed by atoms with Gasteiger partial charge < -0.3 is 14.7 Å². The molecule has 3 heterocycles. The average Bonchev–Trinajstić information content (AvgIpc) is 3.48. The third-order valence-corrected chi connectivity index (χ3v) is 6.60. The second kappa shape index (κ2) is 9.21. The molecule has 1 aliphatic heterocycles. The number of aromatic nitrogens is 4. The smallest absolute Gasteiger partial charge is 0.328 e. The molecule has 5 rings (SSSR count). The van der Waals surface area contributed by atoms with Crippen molar-refractivity contribution in [2.75, 3.05) is 19.6 Å². The number of carbonyl (C=O) groups is 2. The largest absolute Gasteiger partial charge is 0.343 e. The lowest BCUT2D eigenvalue weighted by molar-refractivity contribution is -0.131. The Bertz CT molecular complexity index is 1440. The Morgan fingerprint density at radius 3 is 2.49 bits per heavy atom. The Labute approximate surface area is 201 Å². The zero-order chi connectivity index (χ0) is 24.5. The van der Waals surface area contributed by atoms with Crippen LogP contribution in [0.15, 0.2) is 57.8 Å². The molecule has 1 aliphatic rings. The van der Waals surface area contributed by atoms with Gasteiger partial charge in [0, 0.05) is 44.2 Å². The van der Waals surface area contributed by atoms with Crippen LogP contribution in [0, 0.1) is 0 Å². The summed E-state index contributed by atoms with van der Waals surface area (Å²) in [5.41, 5.74) is 2.84. The van der Waals surface area contributed by atoms with Gasteiger partial charge in [-0.3, -0.25) is 18.7 Å². The first-order chi connectivity index (χ1) is 16.9. The fourth-order valence-corrected chi connectivity index (χ4v) is 4.50. The zero-order valence-electron chi connectivity index (χ0n) is 19.6. The van der Waals surface area contributed by atoms with Crippen LogP contribution in [0.4, 0.5) is 0 Å². The molecule has 10 heteroatoms. The predicted octanol–water partition coefficient (Wildman–Crippen LogP) is 2.06. The maximum absolute atomic E-state index is 12.6. The van der Waals surface area contributed by atoms with E-state index >= 15 is 0 Å². The number of hydrogen-bond donors (Lipinski definition) is 1. The van der Waals surface area contributed by atoms with E-state index in [1.54, 1.807) is 52.4 Å². The number of imidazole rings is 1. The molecule has 0 spiro atoms. The van der Waals surface area contributed by atoms with Crippen LogP contribution in [-0.2, 0) is 18.9 Å². The van der Waals surface area contributed by atoms with Crippen molar-refractivity contribution in [1.82, 2.24) is 29.5 Å². The lowest BCUT2D eigenvalue weighted by Crippen LogP contribution is -2.43. The molecule has 2 aromatic heterocycles. The van der Waals surface area contributed by atoms with Crippen LogP contribution < -0.4 is 11.0 Å². The molecule has 1 N–H and O–H groups in total. The lowest BCUT2D eigenvalue weighted by Gasteiger charge is -2.30. The predicted molar refractivity (Wildman–Crippen MR) is 129 cm³/mol. The van der Waals surface area contributed by atoms with Crippen molar-refractivity contribution >= 4 is 22.8 Å². The number of fused-ring (bicyclic) bond motifs is 1. The highest BCUT2D eigenvalue weighted by Crippen LogP contribution is 2.29. The van der Waals surface area contributed by atoms with Gasteiger partial charge in [0.15, 0.2) is 0 Å². The van der Waals surface area contributed by atoms with Gasteiger partial charge in [-0.2, -0.15) is 4.98 Å². The Hall–Kier alpha value is -4.21. The summed E-state index contributed by atoms with van der Waals surface area (Å²) in [6, 6.07) is 14.5. The van der Waals surface area contributed by atoms with Gasteiger partial charge >= 0.3 is 5.69 Å². The highest BCUT2D eigenvalue weighted by Gasteiger charge is 2.28. The second-order valence-corrected chi connectivity index (χ2v) is 8.76.